The number of hydrogen-bond acceptors (Lipinski definition) is 4. The maximum absolute atomic E-state index is 13.2. The van der Waals surface area contributed by atoms with Gasteiger partial charge in [0.25, 0.3) is 0 Å². The van der Waals surface area contributed by atoms with Crippen LogP contribution in [0.5, 0.6) is 0 Å². The van der Waals surface area contributed by atoms with Crippen LogP contribution >= 0.6 is 11.6 Å². The van der Waals surface area contributed by atoms with E-state index >= 15 is 0 Å². The molecule has 2 aromatic rings. The van der Waals surface area contributed by atoms with Crippen LogP contribution in [-0.2, 0) is 16.6 Å². The van der Waals surface area contributed by atoms with Gasteiger partial charge in [-0.3, -0.25) is 14.5 Å². The number of piperazine rings is 1. The van der Waals surface area contributed by atoms with E-state index in [-0.39, 0.29) is 16.8 Å². The van der Waals surface area contributed by atoms with Crippen LogP contribution in [0.3, 0.4) is 0 Å². The summed E-state index contributed by atoms with van der Waals surface area (Å²) in [5.74, 6) is -2.16. The summed E-state index contributed by atoms with van der Waals surface area (Å²) in [6.07, 6.45) is 1.96. The number of hydrogen-bond donors (Lipinski definition) is 2. The molecule has 9 heteroatoms. The highest BCUT2D eigenvalue weighted by molar-refractivity contribution is 6.39. The van der Waals surface area contributed by atoms with Gasteiger partial charge in [-0.05, 0) is 37.4 Å². The SMILES string of the molecule is CN1CCN(C(CNC(=O)C(=O)Nc2ccc(F)c(Cl)c2)c2cccn2C)CC1. The van der Waals surface area contributed by atoms with Gasteiger partial charge >= 0.3 is 11.8 Å². The minimum absolute atomic E-state index is 0.0410. The van der Waals surface area contributed by atoms with Crippen molar-refractivity contribution in [3.8, 4) is 0 Å². The van der Waals surface area contributed by atoms with Crippen molar-refractivity contribution in [2.24, 2.45) is 7.05 Å². The Morgan fingerprint density at radius 3 is 2.48 bits per heavy atom. The molecule has 1 aromatic heterocycles. The molecule has 156 valence electrons. The molecule has 2 amide bonds. The molecule has 0 aliphatic carbocycles. The monoisotopic (exact) mass is 421 g/mol. The van der Waals surface area contributed by atoms with E-state index in [0.29, 0.717) is 6.54 Å². The first-order chi connectivity index (χ1) is 13.8. The standard InChI is InChI=1S/C20H25ClFN5O2/c1-25-8-10-27(11-9-25)18(17-4-3-7-26(17)2)13-23-19(28)20(29)24-14-5-6-16(22)15(21)12-14/h3-7,12,18H,8-11,13H2,1-2H3,(H,23,28)(H,24,29). The van der Waals surface area contributed by atoms with Gasteiger partial charge in [0.2, 0.25) is 0 Å². The Hall–Kier alpha value is -2.42. The average molecular weight is 422 g/mol. The van der Waals surface area contributed by atoms with Crippen molar-refractivity contribution in [1.29, 1.82) is 0 Å². The second kappa shape index (κ2) is 9.39. The van der Waals surface area contributed by atoms with Crippen molar-refractivity contribution in [1.82, 2.24) is 19.7 Å². The Morgan fingerprint density at radius 1 is 1.14 bits per heavy atom. The predicted molar refractivity (Wildman–Crippen MR) is 110 cm³/mol. The fraction of sp³-hybridized carbons (Fsp3) is 0.400. The number of halogens is 2. The Bertz CT molecular complexity index is 880. The first-order valence-electron chi connectivity index (χ1n) is 9.43. The van der Waals surface area contributed by atoms with Crippen LogP contribution in [0, 0.1) is 5.82 Å². The zero-order valence-corrected chi connectivity index (χ0v) is 17.2. The van der Waals surface area contributed by atoms with Crippen LogP contribution in [0.2, 0.25) is 5.02 Å². The number of likely N-dealkylation sites (N-methyl/N-ethyl adjacent to an activating group) is 1. The third kappa shape index (κ3) is 5.35. The number of anilines is 1. The second-order valence-electron chi connectivity index (χ2n) is 7.19. The molecule has 1 aromatic carbocycles. The number of aryl methyl sites for hydroxylation is 1. The highest BCUT2D eigenvalue weighted by Crippen LogP contribution is 2.22. The molecule has 0 spiro atoms. The van der Waals surface area contributed by atoms with Gasteiger partial charge < -0.3 is 20.1 Å². The molecule has 1 aliphatic rings. The lowest BCUT2D eigenvalue weighted by molar-refractivity contribution is -0.136. The summed E-state index contributed by atoms with van der Waals surface area (Å²) in [5, 5.41) is 5.04. The lowest BCUT2D eigenvalue weighted by Crippen LogP contribution is -2.49. The quantitative estimate of drug-likeness (QED) is 0.723. The van der Waals surface area contributed by atoms with Crippen molar-refractivity contribution < 1.29 is 14.0 Å². The molecular weight excluding hydrogens is 397 g/mol. The van der Waals surface area contributed by atoms with E-state index in [0.717, 1.165) is 37.9 Å². The van der Waals surface area contributed by atoms with Gasteiger partial charge in [0.05, 0.1) is 11.1 Å². The van der Waals surface area contributed by atoms with Gasteiger partial charge in [-0.2, -0.15) is 0 Å². The summed E-state index contributed by atoms with van der Waals surface area (Å²) in [4.78, 5) is 29.1. The number of nitrogens with zero attached hydrogens (tertiary/aromatic N) is 3. The molecule has 29 heavy (non-hydrogen) atoms. The highest BCUT2D eigenvalue weighted by Gasteiger charge is 2.27. The zero-order valence-electron chi connectivity index (χ0n) is 16.5. The Balaban J connectivity index is 1.63. The molecule has 0 radical (unpaired) electrons. The number of carbonyl (C=O) groups excluding carboxylic acids is 2. The molecule has 0 saturated carbocycles. The second-order valence-corrected chi connectivity index (χ2v) is 7.60. The number of benzene rings is 1. The van der Waals surface area contributed by atoms with E-state index in [1.165, 1.54) is 12.1 Å². The largest absolute Gasteiger partial charge is 0.353 e. The van der Waals surface area contributed by atoms with Gasteiger partial charge in [-0.15, -0.1) is 0 Å². The van der Waals surface area contributed by atoms with Gasteiger partial charge in [-0.25, -0.2) is 4.39 Å². The topological polar surface area (TPSA) is 69.6 Å². The molecular formula is C20H25ClFN5O2. The predicted octanol–water partition coefficient (Wildman–Crippen LogP) is 1.86. The molecule has 2 heterocycles. The molecule has 7 nitrogen and oxygen atoms in total. The van der Waals surface area contributed by atoms with Crippen molar-refractivity contribution in [3.05, 3.63) is 53.1 Å². The maximum atomic E-state index is 13.2. The number of aromatic nitrogens is 1. The average Bonchev–Trinajstić information content (AvgIpc) is 3.12. The van der Waals surface area contributed by atoms with Crippen LogP contribution in [0.25, 0.3) is 0 Å². The normalized spacial score (nSPS) is 16.4. The molecule has 1 fully saturated rings. The molecule has 3 rings (SSSR count). The Morgan fingerprint density at radius 2 is 1.86 bits per heavy atom. The fourth-order valence-corrected chi connectivity index (χ4v) is 3.59. The van der Waals surface area contributed by atoms with E-state index in [1.807, 2.05) is 29.9 Å². The number of rotatable bonds is 5. The van der Waals surface area contributed by atoms with Gasteiger partial charge in [0, 0.05) is 57.3 Å². The summed E-state index contributed by atoms with van der Waals surface area (Å²) >= 11 is 5.71. The fourth-order valence-electron chi connectivity index (χ4n) is 3.41. The summed E-state index contributed by atoms with van der Waals surface area (Å²) in [6.45, 7) is 3.95. The summed E-state index contributed by atoms with van der Waals surface area (Å²) in [6, 6.07) is 7.69. The Labute approximate surface area is 174 Å². The van der Waals surface area contributed by atoms with E-state index in [1.54, 1.807) is 0 Å². The van der Waals surface area contributed by atoms with Crippen LogP contribution in [-0.4, -0.2) is 66.0 Å². The lowest BCUT2D eigenvalue weighted by Gasteiger charge is -2.38. The molecule has 2 N–H and O–H groups in total. The molecule has 1 unspecified atom stereocenters. The molecule has 0 bridgehead atoms. The molecule has 1 atom stereocenters. The smallest absolute Gasteiger partial charge is 0.313 e. The van der Waals surface area contributed by atoms with Crippen LogP contribution in [0.15, 0.2) is 36.5 Å². The van der Waals surface area contributed by atoms with Crippen molar-refractivity contribution >= 4 is 29.1 Å². The van der Waals surface area contributed by atoms with Crippen LogP contribution < -0.4 is 10.6 Å². The van der Waals surface area contributed by atoms with E-state index in [4.69, 9.17) is 11.6 Å². The summed E-state index contributed by atoms with van der Waals surface area (Å²) in [5.41, 5.74) is 1.33. The first-order valence-corrected chi connectivity index (χ1v) is 9.81. The minimum atomic E-state index is -0.823. The van der Waals surface area contributed by atoms with E-state index < -0.39 is 17.6 Å². The van der Waals surface area contributed by atoms with Crippen LogP contribution in [0.4, 0.5) is 10.1 Å². The van der Waals surface area contributed by atoms with E-state index in [2.05, 4.69) is 27.5 Å². The molecule has 1 saturated heterocycles. The van der Waals surface area contributed by atoms with Crippen molar-refractivity contribution in [3.63, 3.8) is 0 Å². The molecule has 1 aliphatic heterocycles. The Kier molecular flexibility index (Phi) is 6.89. The van der Waals surface area contributed by atoms with Gasteiger partial charge in [0.1, 0.15) is 5.82 Å². The first kappa shape index (κ1) is 21.3. The van der Waals surface area contributed by atoms with Gasteiger partial charge in [0.15, 0.2) is 0 Å². The lowest BCUT2D eigenvalue weighted by atomic mass is 10.1. The third-order valence-corrected chi connectivity index (χ3v) is 5.43. The van der Waals surface area contributed by atoms with Crippen molar-refractivity contribution in [2.75, 3.05) is 45.1 Å². The minimum Gasteiger partial charge on any atom is -0.353 e. The highest BCUT2D eigenvalue weighted by atomic mass is 35.5. The van der Waals surface area contributed by atoms with Crippen molar-refractivity contribution in [2.45, 2.75) is 6.04 Å². The maximum Gasteiger partial charge on any atom is 0.313 e. The number of carbonyl (C=O) groups is 2. The summed E-state index contributed by atoms with van der Waals surface area (Å²) in [7, 11) is 4.05. The summed E-state index contributed by atoms with van der Waals surface area (Å²) < 4.78 is 15.3. The van der Waals surface area contributed by atoms with Gasteiger partial charge in [-0.1, -0.05) is 11.6 Å². The van der Waals surface area contributed by atoms with E-state index in [9.17, 15) is 14.0 Å². The number of nitrogens with one attached hydrogen (secondary N) is 2. The zero-order chi connectivity index (χ0) is 21.0. The third-order valence-electron chi connectivity index (χ3n) is 5.14. The number of amides is 2. The van der Waals surface area contributed by atoms with Crippen LogP contribution in [0.1, 0.15) is 11.7 Å².